The quantitative estimate of drug-likeness (QED) is 0.0392. The third-order valence-corrected chi connectivity index (χ3v) is 13.5. The number of guanidine groups is 1. The molecule has 1 aliphatic heterocycles. The summed E-state index contributed by atoms with van der Waals surface area (Å²) in [5.74, 6) is -2.36. The van der Waals surface area contributed by atoms with Crippen molar-refractivity contribution in [3.63, 3.8) is 0 Å². The Morgan fingerprint density at radius 1 is 0.850 bits per heavy atom. The topological polar surface area (TPSA) is 216 Å². The number of amides is 3. The highest BCUT2D eigenvalue weighted by molar-refractivity contribution is 7.91. The summed E-state index contributed by atoms with van der Waals surface area (Å²) in [7, 11) is -3.97. The molecule has 0 saturated carbocycles. The molecule has 6 N–H and O–H groups in total. The summed E-state index contributed by atoms with van der Waals surface area (Å²) in [5, 5.41) is 4.97. The maximum atomic E-state index is 14.7. The van der Waals surface area contributed by atoms with Gasteiger partial charge < -0.3 is 31.7 Å². The lowest BCUT2D eigenvalue weighted by Crippen LogP contribution is -2.55. The van der Waals surface area contributed by atoms with Gasteiger partial charge in [-0.25, -0.2) is 18.2 Å². The van der Waals surface area contributed by atoms with Crippen LogP contribution in [0.1, 0.15) is 52.2 Å². The molecule has 4 aromatic carbocycles. The van der Waals surface area contributed by atoms with Crippen molar-refractivity contribution in [2.24, 2.45) is 16.5 Å². The van der Waals surface area contributed by atoms with Crippen molar-refractivity contribution in [1.29, 1.82) is 0 Å². The zero-order valence-corrected chi connectivity index (χ0v) is 35.0. The first-order chi connectivity index (χ1) is 28.9. The lowest BCUT2D eigenvalue weighted by molar-refractivity contribution is -0.140. The fourth-order valence-electron chi connectivity index (χ4n) is 6.97. The average Bonchev–Trinajstić information content (AvgIpc) is 3.90. The van der Waals surface area contributed by atoms with E-state index in [2.05, 4.69) is 20.6 Å². The van der Waals surface area contributed by atoms with Crippen LogP contribution in [0.3, 0.4) is 0 Å². The fraction of sp³-hybridized carbons (Fsp3) is 0.302. The number of Topliss-reactive ketones (excluding diaryl/α,β-unsaturated/α-hetero) is 1. The monoisotopic (exact) mass is 871 g/mol. The predicted molar refractivity (Wildman–Crippen MR) is 232 cm³/mol. The van der Waals surface area contributed by atoms with Crippen molar-refractivity contribution < 1.29 is 32.3 Å². The van der Waals surface area contributed by atoms with Crippen LogP contribution < -0.4 is 22.1 Å². The number of aliphatic imine (C=N–C) groups is 1. The molecule has 17 heteroatoms. The first-order valence-corrected chi connectivity index (χ1v) is 22.3. The molecule has 4 atom stereocenters. The fourth-order valence-corrected chi connectivity index (χ4v) is 9.81. The zero-order chi connectivity index (χ0) is 42.6. The largest absolute Gasteiger partial charge is 0.445 e. The number of para-hydroxylation sites is 1. The van der Waals surface area contributed by atoms with E-state index in [0.29, 0.717) is 28.9 Å². The van der Waals surface area contributed by atoms with Gasteiger partial charge >= 0.3 is 6.09 Å². The van der Waals surface area contributed by atoms with Crippen LogP contribution in [0.4, 0.5) is 4.79 Å². The van der Waals surface area contributed by atoms with Crippen LogP contribution in [0.5, 0.6) is 0 Å². The molecule has 0 unspecified atom stereocenters. The molecule has 0 aliphatic carbocycles. The van der Waals surface area contributed by atoms with E-state index < -0.39 is 56.9 Å². The van der Waals surface area contributed by atoms with Gasteiger partial charge in [-0.1, -0.05) is 96.5 Å². The van der Waals surface area contributed by atoms with Gasteiger partial charge in [0.25, 0.3) is 0 Å². The molecule has 314 valence electrons. The van der Waals surface area contributed by atoms with E-state index in [0.717, 1.165) is 15.8 Å². The van der Waals surface area contributed by atoms with Gasteiger partial charge in [-0.3, -0.25) is 19.4 Å². The minimum Gasteiger partial charge on any atom is -0.445 e. The molecule has 3 amide bonds. The number of nitrogens with one attached hydrogen (secondary N) is 2. The Labute approximate surface area is 357 Å². The molecule has 1 saturated heterocycles. The maximum absolute atomic E-state index is 14.7. The van der Waals surface area contributed by atoms with E-state index >= 15 is 0 Å². The van der Waals surface area contributed by atoms with Gasteiger partial charge in [0, 0.05) is 18.1 Å². The molecule has 1 aromatic heterocycles. The van der Waals surface area contributed by atoms with Crippen molar-refractivity contribution in [1.82, 2.24) is 20.5 Å². The Kier molecular flexibility index (Phi) is 14.9. The summed E-state index contributed by atoms with van der Waals surface area (Å²) < 4.78 is 34.4. The van der Waals surface area contributed by atoms with Crippen LogP contribution >= 0.6 is 22.9 Å². The second-order valence-corrected chi connectivity index (χ2v) is 18.2. The number of alkyl carbamates (subject to hydrolysis) is 1. The zero-order valence-electron chi connectivity index (χ0n) is 32.6. The molecule has 2 heterocycles. The highest BCUT2D eigenvalue weighted by Gasteiger charge is 2.47. The van der Waals surface area contributed by atoms with Crippen LogP contribution in [-0.4, -0.2) is 84.4 Å². The van der Waals surface area contributed by atoms with E-state index in [1.54, 1.807) is 60.7 Å². The molecule has 0 radical (unpaired) electrons. The molecule has 0 bridgehead atoms. The minimum atomic E-state index is -3.97. The van der Waals surface area contributed by atoms with Crippen LogP contribution in [-0.2, 0) is 42.9 Å². The third-order valence-electron chi connectivity index (χ3n) is 10.1. The minimum absolute atomic E-state index is 0.0563. The van der Waals surface area contributed by atoms with Crippen LogP contribution in [0.15, 0.2) is 114 Å². The highest BCUT2D eigenvalue weighted by atomic mass is 35.5. The second-order valence-electron chi connectivity index (χ2n) is 14.4. The summed E-state index contributed by atoms with van der Waals surface area (Å²) >= 11 is 7.23. The smallest absolute Gasteiger partial charge is 0.408 e. The van der Waals surface area contributed by atoms with Crippen molar-refractivity contribution in [2.45, 2.75) is 67.8 Å². The number of sulfone groups is 1. The number of carbonyl (C=O) groups excluding carboxylic acids is 4. The van der Waals surface area contributed by atoms with Crippen molar-refractivity contribution >= 4 is 72.6 Å². The number of halogens is 1. The van der Waals surface area contributed by atoms with Crippen LogP contribution in [0.25, 0.3) is 10.2 Å². The number of hydrogen-bond acceptors (Lipinski definition) is 10. The molecule has 5 aromatic rings. The summed E-state index contributed by atoms with van der Waals surface area (Å²) in [4.78, 5) is 66.3. The lowest BCUT2D eigenvalue weighted by Gasteiger charge is -2.29. The van der Waals surface area contributed by atoms with E-state index in [1.807, 2.05) is 48.5 Å². The van der Waals surface area contributed by atoms with E-state index in [4.69, 9.17) is 27.8 Å². The number of carbonyl (C=O) groups is 4. The summed E-state index contributed by atoms with van der Waals surface area (Å²) in [6.45, 7) is -0.217. The molecule has 14 nitrogen and oxygen atoms in total. The van der Waals surface area contributed by atoms with Gasteiger partial charge in [-0.2, -0.15) is 0 Å². The number of aryl methyl sites for hydroxylation is 1. The standard InChI is InChI=1S/C43H46ClN7O7S2/c44-31-20-17-30(18-21-31)27-60(56,57)32-24-36(39(53)48-34(15-9-23-47-42(45)46)38(52)40-49-33-14-7-8-16-37(33)59-40)51(25-32)41(54)35(22-19-28-10-3-1-4-11-28)50-43(55)58-26-29-12-5-2-6-13-29/h1-8,10-14,16-18,20-21,32,34-36H,9,15,19,22-27H2,(H,48,53)(H,50,55)(H4,45,46,47)/t32-,34+,35-,36+/m1/s1. The molecular formula is C43H46ClN7O7S2. The van der Waals surface area contributed by atoms with E-state index in [9.17, 15) is 27.6 Å². The first-order valence-electron chi connectivity index (χ1n) is 19.4. The number of ketones is 1. The third kappa shape index (κ3) is 11.9. The SMILES string of the molecule is NC(N)=NCCC[C@H](NC(=O)[C@@H]1C[C@@H](S(=O)(=O)Cc2ccc(Cl)cc2)CN1C(=O)[C@@H](CCc1ccccc1)NC(=O)OCc1ccccc1)C(=O)c1nc2ccccc2s1. The van der Waals surface area contributed by atoms with Crippen molar-refractivity contribution in [3.8, 4) is 0 Å². The van der Waals surface area contributed by atoms with Gasteiger partial charge in [-0.05, 0) is 73.1 Å². The Bertz CT molecular complexity index is 2380. The van der Waals surface area contributed by atoms with Gasteiger partial charge in [0.05, 0.1) is 27.3 Å². The number of ether oxygens (including phenoxy) is 1. The molecule has 1 fully saturated rings. The van der Waals surface area contributed by atoms with Gasteiger partial charge in [0.15, 0.2) is 20.8 Å². The van der Waals surface area contributed by atoms with Crippen LogP contribution in [0.2, 0.25) is 5.02 Å². The normalized spacial score (nSPS) is 16.1. The average molecular weight is 872 g/mol. The number of fused-ring (bicyclic) bond motifs is 1. The Morgan fingerprint density at radius 2 is 1.52 bits per heavy atom. The first kappa shape index (κ1) is 43.7. The number of nitrogens with zero attached hydrogens (tertiary/aromatic N) is 3. The second kappa shape index (κ2) is 20.4. The molecule has 6 rings (SSSR count). The number of nitrogens with two attached hydrogens (primary N) is 2. The number of thiazole rings is 1. The molecule has 1 aliphatic rings. The molecule has 60 heavy (non-hydrogen) atoms. The Hall–Kier alpha value is -5.84. The van der Waals surface area contributed by atoms with Gasteiger partial charge in [-0.15, -0.1) is 11.3 Å². The summed E-state index contributed by atoms with van der Waals surface area (Å²) in [5.41, 5.74) is 13.8. The van der Waals surface area contributed by atoms with Crippen molar-refractivity contribution in [3.05, 3.63) is 136 Å². The molecular weight excluding hydrogens is 826 g/mol. The van der Waals surface area contributed by atoms with Crippen molar-refractivity contribution in [2.75, 3.05) is 13.1 Å². The number of benzene rings is 4. The number of hydrogen-bond donors (Lipinski definition) is 4. The van der Waals surface area contributed by atoms with Gasteiger partial charge in [0.1, 0.15) is 18.7 Å². The van der Waals surface area contributed by atoms with Gasteiger partial charge in [0.2, 0.25) is 17.6 Å². The summed E-state index contributed by atoms with van der Waals surface area (Å²) in [6.07, 6.45) is -0.215. The van der Waals surface area contributed by atoms with Crippen LogP contribution in [0, 0.1) is 0 Å². The highest BCUT2D eigenvalue weighted by Crippen LogP contribution is 2.29. The summed E-state index contributed by atoms with van der Waals surface area (Å²) in [6, 6.07) is 28.3. The maximum Gasteiger partial charge on any atom is 0.408 e. The predicted octanol–water partition coefficient (Wildman–Crippen LogP) is 5.18. The Morgan fingerprint density at radius 3 is 2.20 bits per heavy atom. The van der Waals surface area contributed by atoms with E-state index in [-0.39, 0.29) is 55.7 Å². The number of rotatable bonds is 18. The lowest BCUT2D eigenvalue weighted by atomic mass is 10.0. The molecule has 0 spiro atoms. The number of likely N-dealkylation sites (tertiary alicyclic amines) is 1. The Balaban J connectivity index is 1.29. The van der Waals surface area contributed by atoms with E-state index in [1.165, 1.54) is 16.2 Å². The number of aromatic nitrogens is 1.